The van der Waals surface area contributed by atoms with Crippen LogP contribution >= 0.6 is 0 Å². The van der Waals surface area contributed by atoms with Crippen LogP contribution in [0.1, 0.15) is 26.7 Å². The van der Waals surface area contributed by atoms with Gasteiger partial charge in [0, 0.05) is 37.9 Å². The molecule has 20 heavy (non-hydrogen) atoms. The molecular formula is C16H25N3O. The predicted octanol–water partition coefficient (Wildman–Crippen LogP) is 3.02. The van der Waals surface area contributed by atoms with Crippen LogP contribution < -0.4 is 5.32 Å². The van der Waals surface area contributed by atoms with E-state index < -0.39 is 0 Å². The third kappa shape index (κ3) is 3.73. The van der Waals surface area contributed by atoms with Crippen molar-refractivity contribution in [1.82, 2.24) is 9.80 Å². The van der Waals surface area contributed by atoms with Crippen molar-refractivity contribution in [2.24, 2.45) is 0 Å². The lowest BCUT2D eigenvalue weighted by Crippen LogP contribution is -2.48. The minimum atomic E-state index is -0.0146. The van der Waals surface area contributed by atoms with Crippen LogP contribution in [0.2, 0.25) is 0 Å². The Hall–Kier alpha value is -1.55. The SMILES string of the molecule is CC(C)N1CCC(N(C)C(=O)Nc2ccccc2)CC1. The van der Waals surface area contributed by atoms with E-state index in [1.54, 1.807) is 0 Å². The minimum Gasteiger partial charge on any atom is -0.325 e. The number of carbonyl (C=O) groups is 1. The van der Waals surface area contributed by atoms with Gasteiger partial charge in [0.25, 0.3) is 0 Å². The Morgan fingerprint density at radius 2 is 1.85 bits per heavy atom. The van der Waals surface area contributed by atoms with Crippen molar-refractivity contribution in [3.8, 4) is 0 Å². The zero-order chi connectivity index (χ0) is 14.5. The summed E-state index contributed by atoms with van der Waals surface area (Å²) in [6.45, 7) is 6.61. The number of anilines is 1. The first-order valence-corrected chi connectivity index (χ1v) is 7.41. The summed E-state index contributed by atoms with van der Waals surface area (Å²) in [6.07, 6.45) is 2.10. The Morgan fingerprint density at radius 3 is 2.40 bits per heavy atom. The molecule has 1 heterocycles. The van der Waals surface area contributed by atoms with Crippen LogP contribution in [0.5, 0.6) is 0 Å². The number of nitrogens with one attached hydrogen (secondary N) is 1. The molecule has 1 aromatic carbocycles. The zero-order valence-corrected chi connectivity index (χ0v) is 12.7. The van der Waals surface area contributed by atoms with Gasteiger partial charge in [0.05, 0.1) is 0 Å². The lowest BCUT2D eigenvalue weighted by atomic mass is 10.0. The molecule has 1 aliphatic heterocycles. The van der Waals surface area contributed by atoms with Gasteiger partial charge in [-0.05, 0) is 38.8 Å². The second-order valence-corrected chi connectivity index (χ2v) is 5.77. The van der Waals surface area contributed by atoms with E-state index in [1.807, 2.05) is 42.3 Å². The van der Waals surface area contributed by atoms with Crippen LogP contribution in [0.25, 0.3) is 0 Å². The van der Waals surface area contributed by atoms with E-state index in [2.05, 4.69) is 24.1 Å². The lowest BCUT2D eigenvalue weighted by Gasteiger charge is -2.38. The molecule has 0 bridgehead atoms. The molecule has 1 aliphatic rings. The van der Waals surface area contributed by atoms with Crippen molar-refractivity contribution in [2.45, 2.75) is 38.8 Å². The van der Waals surface area contributed by atoms with Gasteiger partial charge in [-0.25, -0.2) is 4.79 Å². The summed E-state index contributed by atoms with van der Waals surface area (Å²) < 4.78 is 0. The van der Waals surface area contributed by atoms with Crippen LogP contribution in [0.15, 0.2) is 30.3 Å². The van der Waals surface area contributed by atoms with Crippen molar-refractivity contribution in [3.63, 3.8) is 0 Å². The Labute approximate surface area is 121 Å². The van der Waals surface area contributed by atoms with Gasteiger partial charge in [0.2, 0.25) is 0 Å². The molecule has 110 valence electrons. The van der Waals surface area contributed by atoms with Crippen molar-refractivity contribution in [1.29, 1.82) is 0 Å². The molecule has 0 saturated carbocycles. The first-order chi connectivity index (χ1) is 9.58. The second kappa shape index (κ2) is 6.75. The van der Waals surface area contributed by atoms with Gasteiger partial charge in [-0.1, -0.05) is 18.2 Å². The van der Waals surface area contributed by atoms with Gasteiger partial charge in [0.15, 0.2) is 0 Å². The molecule has 0 aliphatic carbocycles. The van der Waals surface area contributed by atoms with Crippen molar-refractivity contribution >= 4 is 11.7 Å². The van der Waals surface area contributed by atoms with Crippen LogP contribution in [0, 0.1) is 0 Å². The number of rotatable bonds is 3. The maximum atomic E-state index is 12.2. The fourth-order valence-corrected chi connectivity index (χ4v) is 2.69. The monoisotopic (exact) mass is 275 g/mol. The topological polar surface area (TPSA) is 35.6 Å². The quantitative estimate of drug-likeness (QED) is 0.920. The molecule has 0 spiro atoms. The average molecular weight is 275 g/mol. The van der Waals surface area contributed by atoms with Gasteiger partial charge < -0.3 is 15.1 Å². The molecule has 1 N–H and O–H groups in total. The largest absolute Gasteiger partial charge is 0.325 e. The molecule has 0 radical (unpaired) electrons. The lowest BCUT2D eigenvalue weighted by molar-refractivity contribution is 0.121. The Bertz CT molecular complexity index is 425. The Morgan fingerprint density at radius 1 is 1.25 bits per heavy atom. The number of amides is 2. The molecule has 1 fully saturated rings. The number of para-hydroxylation sites is 1. The van der Waals surface area contributed by atoms with Crippen molar-refractivity contribution in [3.05, 3.63) is 30.3 Å². The molecule has 0 aromatic heterocycles. The highest BCUT2D eigenvalue weighted by molar-refractivity contribution is 5.89. The van der Waals surface area contributed by atoms with Crippen LogP contribution in [0.4, 0.5) is 10.5 Å². The predicted molar refractivity (Wildman–Crippen MR) is 83.0 cm³/mol. The fraction of sp³-hybridized carbons (Fsp3) is 0.562. The number of urea groups is 1. The van der Waals surface area contributed by atoms with Crippen molar-refractivity contribution < 1.29 is 4.79 Å². The number of hydrogen-bond acceptors (Lipinski definition) is 2. The molecule has 1 saturated heterocycles. The zero-order valence-electron chi connectivity index (χ0n) is 12.7. The van der Waals surface area contributed by atoms with Gasteiger partial charge in [-0.3, -0.25) is 0 Å². The summed E-state index contributed by atoms with van der Waals surface area (Å²) in [7, 11) is 1.90. The van der Waals surface area contributed by atoms with E-state index >= 15 is 0 Å². The molecule has 1 aromatic rings. The summed E-state index contributed by atoms with van der Waals surface area (Å²) in [5, 5.41) is 2.95. The molecule has 0 atom stereocenters. The van der Waals surface area contributed by atoms with Crippen LogP contribution in [-0.4, -0.2) is 48.1 Å². The maximum Gasteiger partial charge on any atom is 0.321 e. The van der Waals surface area contributed by atoms with Gasteiger partial charge in [0.1, 0.15) is 0 Å². The number of piperidine rings is 1. The van der Waals surface area contributed by atoms with E-state index in [0.29, 0.717) is 12.1 Å². The molecule has 2 rings (SSSR count). The average Bonchev–Trinajstić information content (AvgIpc) is 2.47. The summed E-state index contributed by atoms with van der Waals surface area (Å²) in [5.74, 6) is 0. The highest BCUT2D eigenvalue weighted by Crippen LogP contribution is 2.18. The van der Waals surface area contributed by atoms with E-state index in [-0.39, 0.29) is 6.03 Å². The molecule has 4 heteroatoms. The number of carbonyl (C=O) groups excluding carboxylic acids is 1. The van der Waals surface area contributed by atoms with E-state index in [9.17, 15) is 4.79 Å². The van der Waals surface area contributed by atoms with E-state index in [4.69, 9.17) is 0 Å². The van der Waals surface area contributed by atoms with E-state index in [0.717, 1.165) is 31.6 Å². The van der Waals surface area contributed by atoms with Crippen molar-refractivity contribution in [2.75, 3.05) is 25.5 Å². The third-order valence-corrected chi connectivity index (χ3v) is 4.12. The summed E-state index contributed by atoms with van der Waals surface area (Å²) in [4.78, 5) is 16.6. The summed E-state index contributed by atoms with van der Waals surface area (Å²) in [6, 6.07) is 10.5. The summed E-state index contributed by atoms with van der Waals surface area (Å²) in [5.41, 5.74) is 0.851. The summed E-state index contributed by atoms with van der Waals surface area (Å²) >= 11 is 0. The molecular weight excluding hydrogens is 250 g/mol. The minimum absolute atomic E-state index is 0.0146. The number of hydrogen-bond donors (Lipinski definition) is 1. The number of nitrogens with zero attached hydrogens (tertiary/aromatic N) is 2. The Balaban J connectivity index is 1.85. The van der Waals surface area contributed by atoms with Gasteiger partial charge >= 0.3 is 6.03 Å². The molecule has 2 amide bonds. The second-order valence-electron chi connectivity index (χ2n) is 5.77. The van der Waals surface area contributed by atoms with Gasteiger partial charge in [-0.2, -0.15) is 0 Å². The smallest absolute Gasteiger partial charge is 0.321 e. The first kappa shape index (κ1) is 14.9. The number of benzene rings is 1. The van der Waals surface area contributed by atoms with Crippen LogP contribution in [-0.2, 0) is 0 Å². The van der Waals surface area contributed by atoms with Crippen LogP contribution in [0.3, 0.4) is 0 Å². The third-order valence-electron chi connectivity index (χ3n) is 4.12. The number of likely N-dealkylation sites (tertiary alicyclic amines) is 1. The maximum absolute atomic E-state index is 12.2. The molecule has 4 nitrogen and oxygen atoms in total. The highest BCUT2D eigenvalue weighted by Gasteiger charge is 2.26. The fourth-order valence-electron chi connectivity index (χ4n) is 2.69. The standard InChI is InChI=1S/C16H25N3O/c1-13(2)19-11-9-15(10-12-19)18(3)16(20)17-14-7-5-4-6-8-14/h4-8,13,15H,9-12H2,1-3H3,(H,17,20). The Kier molecular flexibility index (Phi) is 5.01. The van der Waals surface area contributed by atoms with E-state index in [1.165, 1.54) is 0 Å². The normalized spacial score (nSPS) is 17.2. The highest BCUT2D eigenvalue weighted by atomic mass is 16.2. The van der Waals surface area contributed by atoms with Gasteiger partial charge in [-0.15, -0.1) is 0 Å². The molecule has 0 unspecified atom stereocenters. The first-order valence-electron chi connectivity index (χ1n) is 7.41.